The van der Waals surface area contributed by atoms with Crippen molar-refractivity contribution < 1.29 is 55.5 Å². The Morgan fingerprint density at radius 2 is 1.46 bits per heavy atom. The highest BCUT2D eigenvalue weighted by molar-refractivity contribution is 7.44. The minimum absolute atomic E-state index is 0.00367. The minimum Gasteiger partial charge on any atom is -0.497 e. The minimum atomic E-state index is -5.49. The van der Waals surface area contributed by atoms with Crippen molar-refractivity contribution in [3.63, 3.8) is 0 Å². The molecule has 4 aromatic rings. The average molecular weight is 925 g/mol. The number of nitrogens with one attached hydrogen (secondary N) is 1. The highest BCUT2D eigenvalue weighted by Crippen LogP contribution is 2.64. The van der Waals surface area contributed by atoms with Crippen LogP contribution < -0.4 is 20.7 Å². The summed E-state index contributed by atoms with van der Waals surface area (Å²) in [6.45, 7) is 8.89. The van der Waals surface area contributed by atoms with E-state index in [-0.39, 0.29) is 30.7 Å². The van der Waals surface area contributed by atoms with E-state index >= 15 is 13.2 Å². The van der Waals surface area contributed by atoms with Crippen LogP contribution in [0, 0.1) is 30.1 Å². The maximum Gasteiger partial charge on any atom is 0.450 e. The molecule has 65 heavy (non-hydrogen) atoms. The van der Waals surface area contributed by atoms with Gasteiger partial charge in [-0.3, -0.25) is 23.9 Å². The molecule has 19 heteroatoms. The molecule has 2 unspecified atom stereocenters. The van der Waals surface area contributed by atoms with Crippen LogP contribution in [0.15, 0.2) is 94.6 Å². The molecule has 0 spiro atoms. The fraction of sp³-hybridized carbons (Fsp3) is 0.457. The lowest BCUT2D eigenvalue weighted by atomic mass is 9.79. The van der Waals surface area contributed by atoms with E-state index in [4.69, 9.17) is 32.7 Å². The Hall–Kier alpha value is -5.41. The van der Waals surface area contributed by atoms with Crippen LogP contribution in [-0.2, 0) is 38.4 Å². The molecule has 1 aliphatic heterocycles. The molecule has 15 nitrogen and oxygen atoms in total. The van der Waals surface area contributed by atoms with Gasteiger partial charge >= 0.3 is 17.8 Å². The highest BCUT2D eigenvalue weighted by atomic mass is 31.2. The summed E-state index contributed by atoms with van der Waals surface area (Å²) in [4.78, 5) is 55.8. The molecule has 7 atom stereocenters. The van der Waals surface area contributed by atoms with E-state index in [1.165, 1.54) is 21.1 Å². The number of nitriles is 1. The van der Waals surface area contributed by atoms with Crippen molar-refractivity contribution in [2.75, 3.05) is 27.4 Å². The monoisotopic (exact) mass is 924 g/mol. The van der Waals surface area contributed by atoms with Crippen molar-refractivity contribution in [3.05, 3.63) is 128 Å². The summed E-state index contributed by atoms with van der Waals surface area (Å²) < 4.78 is 92.2. The van der Waals surface area contributed by atoms with E-state index in [2.05, 4.69) is 4.98 Å². The number of alkyl halides is 3. The van der Waals surface area contributed by atoms with E-state index < -0.39 is 85.8 Å². The molecule has 1 saturated carbocycles. The first-order valence-electron chi connectivity index (χ1n) is 20.9. The van der Waals surface area contributed by atoms with E-state index in [0.29, 0.717) is 28.2 Å². The van der Waals surface area contributed by atoms with Gasteiger partial charge in [0, 0.05) is 36.7 Å². The topological polar surface area (TPSA) is 181 Å². The van der Waals surface area contributed by atoms with Crippen LogP contribution in [0.2, 0.25) is 0 Å². The molecule has 2 fully saturated rings. The lowest BCUT2D eigenvalue weighted by Crippen LogP contribution is -2.58. The van der Waals surface area contributed by atoms with Crippen LogP contribution in [0.1, 0.15) is 69.5 Å². The maximum absolute atomic E-state index is 15.1. The van der Waals surface area contributed by atoms with Crippen molar-refractivity contribution in [1.82, 2.24) is 14.2 Å². The summed E-state index contributed by atoms with van der Waals surface area (Å²) in [6.07, 6.45) is -9.90. The van der Waals surface area contributed by atoms with Gasteiger partial charge in [0.15, 0.2) is 5.60 Å². The Morgan fingerprint density at radius 3 is 1.95 bits per heavy atom. The zero-order valence-corrected chi connectivity index (χ0v) is 38.1. The Kier molecular flexibility index (Phi) is 15.1. The first kappa shape index (κ1) is 49.0. The molecule has 348 valence electrons. The number of fused-ring (bicyclic) bond motifs is 2. The first-order chi connectivity index (χ1) is 30.8. The van der Waals surface area contributed by atoms with Gasteiger partial charge in [-0.15, -0.1) is 0 Å². The Morgan fingerprint density at radius 1 is 0.908 bits per heavy atom. The fourth-order valence-corrected chi connectivity index (χ4v) is 10.7. The molecule has 2 bridgehead atoms. The number of nitrogens with zero attached hydrogens (tertiary/aromatic N) is 3. The number of aromatic amines is 1. The van der Waals surface area contributed by atoms with Gasteiger partial charge in [-0.1, -0.05) is 54.6 Å². The van der Waals surface area contributed by atoms with Gasteiger partial charge in [-0.25, -0.2) is 9.46 Å². The van der Waals surface area contributed by atoms with Gasteiger partial charge < -0.3 is 32.7 Å². The van der Waals surface area contributed by atoms with Crippen LogP contribution >= 0.6 is 8.53 Å². The van der Waals surface area contributed by atoms with Gasteiger partial charge in [0.25, 0.3) is 14.1 Å². The van der Waals surface area contributed by atoms with Crippen molar-refractivity contribution in [2.45, 2.75) is 95.9 Å². The van der Waals surface area contributed by atoms with E-state index in [9.17, 15) is 24.4 Å². The Balaban J connectivity index is 1.68. The Bertz CT molecular complexity index is 2400. The van der Waals surface area contributed by atoms with Crippen molar-refractivity contribution in [2.24, 2.45) is 11.8 Å². The number of hydrogen-bond donors (Lipinski definition) is 1. The number of ketones is 1. The molecule has 1 N–H and O–H groups in total. The second kappa shape index (κ2) is 20.0. The quantitative estimate of drug-likeness (QED) is 0.0436. The van der Waals surface area contributed by atoms with Crippen molar-refractivity contribution in [1.29, 1.82) is 5.26 Å². The van der Waals surface area contributed by atoms with E-state index in [1.54, 1.807) is 78.9 Å². The second-order valence-corrected chi connectivity index (χ2v) is 17.7. The average Bonchev–Trinajstić information content (AvgIpc) is 3.70. The molecule has 1 aromatic heterocycles. The summed E-state index contributed by atoms with van der Waals surface area (Å²) in [5, 5.41) is 9.48. The lowest BCUT2D eigenvalue weighted by Gasteiger charge is -2.44. The number of ether oxygens (including phenoxy) is 5. The largest absolute Gasteiger partial charge is 0.497 e. The smallest absolute Gasteiger partial charge is 0.450 e. The van der Waals surface area contributed by atoms with Crippen molar-refractivity contribution in [3.8, 4) is 17.6 Å². The van der Waals surface area contributed by atoms with Gasteiger partial charge in [-0.05, 0) is 75.6 Å². The molecular formula is C46H52F3N4O11P. The molecule has 2 aliphatic rings. The number of H-pyrrole nitrogens is 1. The molecular weight excluding hydrogens is 872 g/mol. The fourth-order valence-electron chi connectivity index (χ4n) is 8.86. The number of aryl methyl sites for hydroxylation is 1. The number of halogens is 3. The zero-order valence-electron chi connectivity index (χ0n) is 37.2. The molecule has 2 heterocycles. The number of Topliss-reactive ketones (excluding diaryl/α,β-unsaturated/α-hetero) is 1. The van der Waals surface area contributed by atoms with Gasteiger partial charge in [0.1, 0.15) is 35.5 Å². The predicted octanol–water partition coefficient (Wildman–Crippen LogP) is 7.11. The van der Waals surface area contributed by atoms with E-state index in [0.717, 1.165) is 17.7 Å². The summed E-state index contributed by atoms with van der Waals surface area (Å²) in [5.41, 5.74) is -4.22. The number of benzene rings is 3. The highest BCUT2D eigenvalue weighted by Gasteiger charge is 2.77. The van der Waals surface area contributed by atoms with Crippen LogP contribution in [0.25, 0.3) is 0 Å². The number of methoxy groups -OCH3 is 2. The van der Waals surface area contributed by atoms with Crippen LogP contribution in [0.4, 0.5) is 13.2 Å². The number of carbonyl (C=O) groups is 2. The first-order valence-corrected chi connectivity index (χ1v) is 22.0. The number of carbonyl (C=O) groups excluding carboxylic acids is 2. The Labute approximate surface area is 375 Å². The number of rotatable bonds is 19. The summed E-state index contributed by atoms with van der Waals surface area (Å²) in [6, 6.07) is 24.2. The normalized spacial score (nSPS) is 22.3. The zero-order chi connectivity index (χ0) is 47.4. The molecule has 0 radical (unpaired) electrons. The maximum atomic E-state index is 15.1. The van der Waals surface area contributed by atoms with Gasteiger partial charge in [-0.2, -0.15) is 18.4 Å². The molecule has 6 rings (SSSR count). The van der Waals surface area contributed by atoms with Crippen molar-refractivity contribution >= 4 is 20.3 Å². The van der Waals surface area contributed by atoms with Gasteiger partial charge in [0.05, 0.1) is 45.8 Å². The standard InChI is InChI=1S/C46H52F3N4O11P/c1-27(2)53(28(3)4)65(61-24-12-23-50)64-40-37-36(38(55)46(47,48)49)39(62-30(6)54)44(40,63-42(37)52-25-29(5)41(56)51-43(52)57)26-60-45(31-13-10-9-11-14-31,32-15-19-34(58-7)20-16-32)33-17-21-35(59-8)22-18-33/h9-11,13-22,25,27-28,36-37,39-40,42H,12,24,26H2,1-8H3,(H,51,56,57)/t36-,37?,39+,40-,42+,44-,65?/m0/s1. The van der Waals surface area contributed by atoms with Crippen LogP contribution in [0.5, 0.6) is 11.5 Å². The molecule has 3 aromatic carbocycles. The second-order valence-electron chi connectivity index (χ2n) is 16.3. The third-order valence-corrected chi connectivity index (χ3v) is 13.7. The molecule has 0 amide bonds. The lowest BCUT2D eigenvalue weighted by molar-refractivity contribution is -0.238. The number of aromatic nitrogens is 2. The van der Waals surface area contributed by atoms with E-state index in [1.807, 2.05) is 38.4 Å². The predicted molar refractivity (Wildman–Crippen MR) is 231 cm³/mol. The number of esters is 1. The van der Waals surface area contributed by atoms with Gasteiger partial charge in [0.2, 0.25) is 5.78 Å². The number of hydrogen-bond acceptors (Lipinski definition) is 13. The van der Waals surface area contributed by atoms with Crippen LogP contribution in [0.3, 0.4) is 0 Å². The molecule has 1 saturated heterocycles. The third-order valence-electron chi connectivity index (χ3n) is 11.6. The third kappa shape index (κ3) is 9.63. The summed E-state index contributed by atoms with van der Waals surface area (Å²) in [7, 11) is 0.685. The SMILES string of the molecule is COc1ccc(C(OC[C@]23O[C@@H](n4cc(C)c(=O)[nH]c4=O)C([C@@H](C(=O)C(F)(F)F)[C@H]2OC(C)=O)[C@@H]3OP(OCCC#N)N(C(C)C)C(C)C)(c2ccccc2)c2ccc(OC)cc2)cc1. The summed E-state index contributed by atoms with van der Waals surface area (Å²) >= 11 is 0. The summed E-state index contributed by atoms with van der Waals surface area (Å²) in [5.74, 6) is -6.29. The molecule has 1 aliphatic carbocycles. The van der Waals surface area contributed by atoms with Crippen LogP contribution in [-0.4, -0.2) is 89.5 Å².